The molecule has 1 unspecified atom stereocenters. The van der Waals surface area contributed by atoms with E-state index in [4.69, 9.17) is 0 Å². The van der Waals surface area contributed by atoms with Gasteiger partial charge < -0.3 is 0 Å². The molecule has 2 heteroatoms. The summed E-state index contributed by atoms with van der Waals surface area (Å²) in [6, 6.07) is 36.3. The van der Waals surface area contributed by atoms with Gasteiger partial charge in [0, 0.05) is 0 Å². The number of aryl methyl sites for hydroxylation is 3. The lowest BCUT2D eigenvalue weighted by molar-refractivity contribution is 0.956. The van der Waals surface area contributed by atoms with E-state index in [1.165, 1.54) is 54.1 Å². The molecule has 0 amide bonds. The monoisotopic (exact) mass is 504 g/mol. The van der Waals surface area contributed by atoms with E-state index in [1.807, 2.05) is 0 Å². The van der Waals surface area contributed by atoms with E-state index in [-0.39, 0.29) is 0 Å². The minimum atomic E-state index is -0.707. The first kappa shape index (κ1) is 24.9. The molecule has 0 aromatic heterocycles. The van der Waals surface area contributed by atoms with E-state index >= 15 is 0 Å². The molecule has 0 fully saturated rings. The Balaban J connectivity index is 1.81. The first-order chi connectivity index (χ1) is 17.6. The second-order valence-corrected chi connectivity index (χ2v) is 13.9. The third-order valence-corrected chi connectivity index (χ3v) is 13.0. The highest BCUT2D eigenvalue weighted by Crippen LogP contribution is 2.49. The fourth-order valence-corrected chi connectivity index (χ4v) is 11.1. The van der Waals surface area contributed by atoms with Gasteiger partial charge in [-0.2, -0.15) is 0 Å². The summed E-state index contributed by atoms with van der Waals surface area (Å²) in [6.45, 7) is 9.17. The Hall–Kier alpha value is -2.78. The number of allylic oxidation sites excluding steroid dienone is 4. The van der Waals surface area contributed by atoms with E-state index in [0.717, 1.165) is 12.8 Å². The van der Waals surface area contributed by atoms with Crippen molar-refractivity contribution in [2.24, 2.45) is 0 Å². The van der Waals surface area contributed by atoms with Gasteiger partial charge in [0.2, 0.25) is 0 Å². The number of rotatable bonds is 6. The lowest BCUT2D eigenvalue weighted by Gasteiger charge is -2.31. The molecule has 0 radical (unpaired) electrons. The molecule has 0 saturated heterocycles. The molecule has 0 spiro atoms. The van der Waals surface area contributed by atoms with Crippen LogP contribution in [-0.2, 0) is 0 Å². The molecule has 4 aromatic rings. The summed E-state index contributed by atoms with van der Waals surface area (Å²) in [4.78, 5) is 0. The van der Waals surface area contributed by atoms with Crippen LogP contribution in [0, 0.1) is 20.8 Å². The van der Waals surface area contributed by atoms with Crippen molar-refractivity contribution >= 4 is 42.4 Å². The highest BCUT2D eigenvalue weighted by molar-refractivity contribution is 7.84. The van der Waals surface area contributed by atoms with E-state index in [9.17, 15) is 0 Å². The van der Waals surface area contributed by atoms with Crippen LogP contribution in [-0.4, -0.2) is 0 Å². The van der Waals surface area contributed by atoms with E-state index in [1.54, 1.807) is 0 Å². The summed E-state index contributed by atoms with van der Waals surface area (Å²) < 4.78 is 0. The maximum Gasteiger partial charge on any atom is -0.00674 e. The Kier molecular flexibility index (Phi) is 7.67. The molecule has 4 aromatic carbocycles. The predicted octanol–water partition coefficient (Wildman–Crippen LogP) is 7.43. The van der Waals surface area contributed by atoms with Crippen molar-refractivity contribution in [2.45, 2.75) is 40.5 Å². The van der Waals surface area contributed by atoms with Gasteiger partial charge in [-0.25, -0.2) is 0 Å². The second-order valence-electron chi connectivity index (χ2n) is 9.63. The van der Waals surface area contributed by atoms with Crippen LogP contribution < -0.4 is 26.5 Å². The molecule has 1 atom stereocenters. The minimum Gasteiger partial charge on any atom is -0.0836 e. The first-order valence-electron chi connectivity index (χ1n) is 12.8. The summed E-state index contributed by atoms with van der Waals surface area (Å²) in [5.74, 6) is 0. The number of hydrogen-bond donors (Lipinski definition) is 0. The van der Waals surface area contributed by atoms with Crippen molar-refractivity contribution in [1.29, 1.82) is 0 Å². The molecule has 0 heterocycles. The molecule has 1 aliphatic carbocycles. The third kappa shape index (κ3) is 4.91. The smallest absolute Gasteiger partial charge is 0.00674 e. The molecule has 0 aliphatic heterocycles. The lowest BCUT2D eigenvalue weighted by atomic mass is 10.1. The molecule has 36 heavy (non-hydrogen) atoms. The van der Waals surface area contributed by atoms with E-state index in [2.05, 4.69) is 137 Å². The SMILES string of the molecule is CC1=C(P(c2ccccc2C)c2ccccc2P(c2ccccc2C)c2ccccc2C)C=CCC1. The van der Waals surface area contributed by atoms with Crippen molar-refractivity contribution in [3.8, 4) is 0 Å². The van der Waals surface area contributed by atoms with Gasteiger partial charge in [-0.15, -0.1) is 0 Å². The summed E-state index contributed by atoms with van der Waals surface area (Å²) in [7, 11) is -1.38. The van der Waals surface area contributed by atoms with Crippen LogP contribution in [0.2, 0.25) is 0 Å². The van der Waals surface area contributed by atoms with Crippen molar-refractivity contribution < 1.29 is 0 Å². The lowest BCUT2D eigenvalue weighted by Crippen LogP contribution is -2.34. The van der Waals surface area contributed by atoms with Gasteiger partial charge in [-0.05, 0) is 105 Å². The van der Waals surface area contributed by atoms with Gasteiger partial charge in [-0.3, -0.25) is 0 Å². The number of hydrogen-bond acceptors (Lipinski definition) is 0. The Labute approximate surface area is 219 Å². The molecule has 0 N–H and O–H groups in total. The zero-order chi connectivity index (χ0) is 25.1. The second kappa shape index (κ2) is 11.1. The fourth-order valence-electron chi connectivity index (χ4n) is 5.09. The van der Waals surface area contributed by atoms with Crippen molar-refractivity contribution in [3.63, 3.8) is 0 Å². The Morgan fingerprint density at radius 1 is 0.472 bits per heavy atom. The highest BCUT2D eigenvalue weighted by Gasteiger charge is 2.29. The zero-order valence-corrected chi connectivity index (χ0v) is 23.5. The van der Waals surface area contributed by atoms with E-state index in [0.29, 0.717) is 0 Å². The molecule has 0 bridgehead atoms. The van der Waals surface area contributed by atoms with Crippen LogP contribution in [0.15, 0.2) is 120 Å². The van der Waals surface area contributed by atoms with Crippen molar-refractivity contribution in [2.75, 3.05) is 0 Å². The van der Waals surface area contributed by atoms with Crippen molar-refractivity contribution in [3.05, 3.63) is 137 Å². The third-order valence-electron chi connectivity index (χ3n) is 7.07. The Bertz CT molecular complexity index is 1400. The molecular weight excluding hydrogens is 470 g/mol. The van der Waals surface area contributed by atoms with Gasteiger partial charge in [0.25, 0.3) is 0 Å². The van der Waals surface area contributed by atoms with Crippen LogP contribution in [0.5, 0.6) is 0 Å². The molecule has 0 nitrogen and oxygen atoms in total. The van der Waals surface area contributed by atoms with Gasteiger partial charge in [0.05, 0.1) is 0 Å². The zero-order valence-electron chi connectivity index (χ0n) is 21.7. The van der Waals surface area contributed by atoms with E-state index < -0.39 is 15.8 Å². The summed E-state index contributed by atoms with van der Waals surface area (Å²) >= 11 is 0. The molecule has 1 aliphatic rings. The van der Waals surface area contributed by atoms with Crippen molar-refractivity contribution in [1.82, 2.24) is 0 Å². The van der Waals surface area contributed by atoms with Crippen LogP contribution in [0.4, 0.5) is 0 Å². The number of benzene rings is 4. The van der Waals surface area contributed by atoms with Gasteiger partial charge >= 0.3 is 0 Å². The van der Waals surface area contributed by atoms with Gasteiger partial charge in [0.1, 0.15) is 0 Å². The average molecular weight is 505 g/mol. The Morgan fingerprint density at radius 3 is 1.31 bits per heavy atom. The van der Waals surface area contributed by atoms with Crippen LogP contribution in [0.3, 0.4) is 0 Å². The van der Waals surface area contributed by atoms with Crippen LogP contribution in [0.25, 0.3) is 0 Å². The maximum absolute atomic E-state index is 2.43. The van der Waals surface area contributed by atoms with Crippen LogP contribution >= 0.6 is 15.8 Å². The predicted molar refractivity (Wildman–Crippen MR) is 163 cm³/mol. The summed E-state index contributed by atoms with van der Waals surface area (Å²) in [6.07, 6.45) is 7.11. The maximum atomic E-state index is 2.43. The summed E-state index contributed by atoms with van der Waals surface area (Å²) in [5.41, 5.74) is 5.66. The standard InChI is InChI=1S/C34H34P2/c1-25-15-5-9-19-29(25)35(30-20-10-6-16-26(30)2)33-23-13-14-24-34(33)36(31-21-11-7-17-27(31)3)32-22-12-8-18-28(32)4/h5-7,9-17,19-24H,8,18H2,1-4H3. The topological polar surface area (TPSA) is 0 Å². The molecule has 0 saturated carbocycles. The highest BCUT2D eigenvalue weighted by atomic mass is 31.1. The first-order valence-corrected chi connectivity index (χ1v) is 15.5. The largest absolute Gasteiger partial charge is 0.0836 e. The molecule has 180 valence electrons. The average Bonchev–Trinajstić information content (AvgIpc) is 2.89. The van der Waals surface area contributed by atoms with Gasteiger partial charge in [0.15, 0.2) is 0 Å². The van der Waals surface area contributed by atoms with Gasteiger partial charge in [-0.1, -0.05) is 115 Å². The molecule has 5 rings (SSSR count). The molecular formula is C34H34P2. The fraction of sp³-hybridized carbons (Fsp3) is 0.176. The van der Waals surface area contributed by atoms with Crippen LogP contribution in [0.1, 0.15) is 36.5 Å². The minimum absolute atomic E-state index is 0.673. The Morgan fingerprint density at radius 2 is 0.861 bits per heavy atom. The quantitative estimate of drug-likeness (QED) is 0.240. The normalized spacial score (nSPS) is 14.4. The summed E-state index contributed by atoms with van der Waals surface area (Å²) in [5, 5.41) is 8.91.